The van der Waals surface area contributed by atoms with Crippen LogP contribution >= 0.6 is 11.6 Å². The Hall–Kier alpha value is -3.26. The zero-order valence-electron chi connectivity index (χ0n) is 16.3. The van der Waals surface area contributed by atoms with Crippen molar-refractivity contribution in [3.63, 3.8) is 0 Å². The molecule has 1 aliphatic heterocycles. The van der Waals surface area contributed by atoms with Crippen molar-refractivity contribution in [3.05, 3.63) is 58.6 Å². The number of urea groups is 1. The first kappa shape index (κ1) is 21.4. The molecule has 30 heavy (non-hydrogen) atoms. The summed E-state index contributed by atoms with van der Waals surface area (Å²) >= 11 is 6.15. The number of rotatable bonds is 6. The van der Waals surface area contributed by atoms with Gasteiger partial charge in [0, 0.05) is 6.54 Å². The highest BCUT2D eigenvalue weighted by atomic mass is 35.5. The second-order valence-corrected chi connectivity index (χ2v) is 6.98. The molecule has 1 unspecified atom stereocenters. The number of nitrogens with one attached hydrogen (secondary N) is 2. The van der Waals surface area contributed by atoms with Crippen LogP contribution in [0.3, 0.4) is 0 Å². The fraction of sp³-hybridized carbons (Fsp3) is 0.286. The normalized spacial score (nSPS) is 13.1. The highest BCUT2D eigenvalue weighted by molar-refractivity contribution is 6.32. The summed E-state index contributed by atoms with van der Waals surface area (Å²) in [4.78, 5) is 36.1. The number of amides is 3. The summed E-state index contributed by atoms with van der Waals surface area (Å²) in [5, 5.41) is 5.04. The third-order valence-corrected chi connectivity index (χ3v) is 4.50. The van der Waals surface area contributed by atoms with Crippen molar-refractivity contribution in [1.82, 2.24) is 10.6 Å². The molecule has 1 atom stereocenters. The van der Waals surface area contributed by atoms with E-state index >= 15 is 0 Å². The number of ether oxygens (including phenoxy) is 3. The van der Waals surface area contributed by atoms with Gasteiger partial charge in [-0.2, -0.15) is 0 Å². The molecule has 2 N–H and O–H groups in total. The lowest BCUT2D eigenvalue weighted by atomic mass is 10.1. The Balaban J connectivity index is 1.47. The fourth-order valence-electron chi connectivity index (χ4n) is 2.76. The summed E-state index contributed by atoms with van der Waals surface area (Å²) in [6, 6.07) is 11.8. The number of carbonyl (C=O) groups excluding carboxylic acids is 3. The minimum Gasteiger partial charge on any atom is -0.486 e. The van der Waals surface area contributed by atoms with Crippen LogP contribution in [-0.2, 0) is 27.3 Å². The minimum atomic E-state index is -1.15. The third-order valence-electron chi connectivity index (χ3n) is 4.22. The fourth-order valence-corrected chi connectivity index (χ4v) is 3.05. The molecule has 1 aliphatic rings. The summed E-state index contributed by atoms with van der Waals surface area (Å²) in [6.45, 7) is 2.44. The van der Waals surface area contributed by atoms with Crippen LogP contribution in [0.4, 0.5) is 4.79 Å². The average Bonchev–Trinajstić information content (AvgIpc) is 2.73. The van der Waals surface area contributed by atoms with Crippen molar-refractivity contribution in [2.45, 2.75) is 26.0 Å². The number of hydrogen-bond donors (Lipinski definition) is 2. The second-order valence-electron chi connectivity index (χ2n) is 6.57. The van der Waals surface area contributed by atoms with Crippen LogP contribution in [0.25, 0.3) is 0 Å². The van der Waals surface area contributed by atoms with Gasteiger partial charge in [-0.1, -0.05) is 41.9 Å². The predicted molar refractivity (Wildman–Crippen MR) is 109 cm³/mol. The Morgan fingerprint density at radius 1 is 1.10 bits per heavy atom. The molecule has 0 fully saturated rings. The summed E-state index contributed by atoms with van der Waals surface area (Å²) in [6.07, 6.45) is -1.26. The molecule has 2 aromatic rings. The number of fused-ring (bicyclic) bond motifs is 1. The smallest absolute Gasteiger partial charge is 0.321 e. The lowest BCUT2D eigenvalue weighted by Gasteiger charge is -2.20. The first-order valence-corrected chi connectivity index (χ1v) is 9.70. The third kappa shape index (κ3) is 5.87. The first-order valence-electron chi connectivity index (χ1n) is 9.32. The van der Waals surface area contributed by atoms with E-state index in [1.807, 2.05) is 30.3 Å². The van der Waals surface area contributed by atoms with E-state index < -0.39 is 24.0 Å². The number of hydrogen-bond acceptors (Lipinski definition) is 6. The Morgan fingerprint density at radius 2 is 1.83 bits per heavy atom. The standard InChI is InChI=1S/C21H21ClN2O6/c1-13(20(26)24-21(27)23-12-14-5-3-2-4-6-14)30-18(25)11-15-9-16(22)19-17(10-15)28-7-8-29-19/h2-6,9-10,13H,7-8,11-12H2,1H3,(H2,23,24,26,27). The zero-order chi connectivity index (χ0) is 21.5. The van der Waals surface area contributed by atoms with Crippen molar-refractivity contribution in [2.24, 2.45) is 0 Å². The summed E-state index contributed by atoms with van der Waals surface area (Å²) in [5.41, 5.74) is 1.44. The molecule has 3 amide bonds. The van der Waals surface area contributed by atoms with Gasteiger partial charge in [0.25, 0.3) is 5.91 Å². The molecule has 0 spiro atoms. The second kappa shape index (κ2) is 9.98. The average molecular weight is 433 g/mol. The molecule has 9 heteroatoms. The van der Waals surface area contributed by atoms with E-state index in [-0.39, 0.29) is 13.0 Å². The Morgan fingerprint density at radius 3 is 2.60 bits per heavy atom. The van der Waals surface area contributed by atoms with Gasteiger partial charge in [0.15, 0.2) is 17.6 Å². The monoisotopic (exact) mass is 432 g/mol. The lowest BCUT2D eigenvalue weighted by Crippen LogP contribution is -2.44. The number of halogens is 1. The maximum Gasteiger partial charge on any atom is 0.321 e. The van der Waals surface area contributed by atoms with E-state index in [0.29, 0.717) is 35.3 Å². The van der Waals surface area contributed by atoms with E-state index in [1.165, 1.54) is 6.92 Å². The molecule has 0 saturated carbocycles. The van der Waals surface area contributed by atoms with Crippen molar-refractivity contribution in [1.29, 1.82) is 0 Å². The van der Waals surface area contributed by atoms with E-state index in [2.05, 4.69) is 10.6 Å². The molecule has 158 valence electrons. The molecule has 0 aliphatic carbocycles. The van der Waals surface area contributed by atoms with E-state index in [4.69, 9.17) is 25.8 Å². The maximum atomic E-state index is 12.2. The molecule has 8 nitrogen and oxygen atoms in total. The van der Waals surface area contributed by atoms with Gasteiger partial charge in [-0.15, -0.1) is 0 Å². The highest BCUT2D eigenvalue weighted by Gasteiger charge is 2.22. The number of esters is 1. The van der Waals surface area contributed by atoms with Crippen molar-refractivity contribution in [2.75, 3.05) is 13.2 Å². The minimum absolute atomic E-state index is 0.117. The highest BCUT2D eigenvalue weighted by Crippen LogP contribution is 2.38. The van der Waals surface area contributed by atoms with Crippen molar-refractivity contribution >= 4 is 29.5 Å². The van der Waals surface area contributed by atoms with Crippen LogP contribution in [0.2, 0.25) is 5.02 Å². The van der Waals surface area contributed by atoms with Gasteiger partial charge in [-0.05, 0) is 30.2 Å². The molecule has 3 rings (SSSR count). The lowest BCUT2D eigenvalue weighted by molar-refractivity contribution is -0.153. The molecule has 0 aromatic heterocycles. The topological polar surface area (TPSA) is 103 Å². The van der Waals surface area contributed by atoms with Crippen molar-refractivity contribution < 1.29 is 28.6 Å². The number of benzene rings is 2. The van der Waals surface area contributed by atoms with Crippen LogP contribution in [0.1, 0.15) is 18.1 Å². The predicted octanol–water partition coefficient (Wildman–Crippen LogP) is 2.61. The molecular weight excluding hydrogens is 412 g/mol. The van der Waals surface area contributed by atoms with Crippen LogP contribution < -0.4 is 20.1 Å². The number of carbonyl (C=O) groups is 3. The van der Waals surface area contributed by atoms with Crippen LogP contribution in [0.5, 0.6) is 11.5 Å². The van der Waals surface area contributed by atoms with Crippen LogP contribution in [-0.4, -0.2) is 37.2 Å². The largest absolute Gasteiger partial charge is 0.486 e. The Bertz CT molecular complexity index is 935. The van der Waals surface area contributed by atoms with Gasteiger partial charge in [-0.3, -0.25) is 14.9 Å². The van der Waals surface area contributed by atoms with Crippen molar-refractivity contribution in [3.8, 4) is 11.5 Å². The van der Waals surface area contributed by atoms with Crippen LogP contribution in [0.15, 0.2) is 42.5 Å². The van der Waals surface area contributed by atoms with Gasteiger partial charge in [-0.25, -0.2) is 4.79 Å². The van der Waals surface area contributed by atoms with E-state index in [1.54, 1.807) is 12.1 Å². The molecule has 0 saturated heterocycles. The SMILES string of the molecule is CC(OC(=O)Cc1cc(Cl)c2c(c1)OCCO2)C(=O)NC(=O)NCc1ccccc1. The number of imide groups is 1. The molecular formula is C21H21ClN2O6. The van der Waals surface area contributed by atoms with Gasteiger partial charge in [0.2, 0.25) is 0 Å². The Labute approximate surface area is 178 Å². The van der Waals surface area contributed by atoms with Crippen LogP contribution in [0, 0.1) is 0 Å². The quantitative estimate of drug-likeness (QED) is 0.680. The van der Waals surface area contributed by atoms with E-state index in [0.717, 1.165) is 5.56 Å². The van der Waals surface area contributed by atoms with E-state index in [9.17, 15) is 14.4 Å². The maximum absolute atomic E-state index is 12.2. The summed E-state index contributed by atoms with van der Waals surface area (Å²) in [7, 11) is 0. The zero-order valence-corrected chi connectivity index (χ0v) is 17.0. The molecule has 2 aromatic carbocycles. The van der Waals surface area contributed by atoms with Gasteiger partial charge in [0.05, 0.1) is 11.4 Å². The summed E-state index contributed by atoms with van der Waals surface area (Å²) in [5.74, 6) is -0.476. The summed E-state index contributed by atoms with van der Waals surface area (Å²) < 4.78 is 16.0. The van der Waals surface area contributed by atoms with Gasteiger partial charge < -0.3 is 19.5 Å². The first-order chi connectivity index (χ1) is 14.4. The molecule has 0 bridgehead atoms. The van der Waals surface area contributed by atoms with Gasteiger partial charge in [0.1, 0.15) is 13.2 Å². The Kier molecular flexibility index (Phi) is 7.13. The molecule has 0 radical (unpaired) electrons. The molecule has 1 heterocycles. The van der Waals surface area contributed by atoms with Gasteiger partial charge >= 0.3 is 12.0 Å².